The lowest BCUT2D eigenvalue weighted by molar-refractivity contribution is -0.132. The van der Waals surface area contributed by atoms with Gasteiger partial charge in [-0.2, -0.15) is 15.7 Å². The first kappa shape index (κ1) is 6.47. The maximum absolute atomic E-state index is 10.3. The Hall–Kier alpha value is -1.65. The molecule has 1 aliphatic rings. The van der Waals surface area contributed by atoms with Crippen molar-refractivity contribution in [3.63, 3.8) is 0 Å². The van der Waals surface area contributed by atoms with E-state index in [4.69, 9.17) is 5.11 Å². The maximum Gasteiger partial charge on any atom is 0.337 e. The average Bonchev–Trinajstić information content (AvgIpc) is 2.12. The minimum absolute atomic E-state index is 0.105. The zero-order valence-electron chi connectivity index (χ0n) is 4.98. The molecule has 0 aliphatic carbocycles. The molecule has 5 heteroatoms. The molecule has 0 bridgehead atoms. The van der Waals surface area contributed by atoms with E-state index in [1.807, 2.05) is 0 Å². The SMILES string of the molecule is O=C(O)C1=CC=NNN=C1. The summed E-state index contributed by atoms with van der Waals surface area (Å²) in [6, 6.07) is 0. The highest BCUT2D eigenvalue weighted by Gasteiger charge is 2.02. The highest BCUT2D eigenvalue weighted by molar-refractivity contribution is 6.11. The summed E-state index contributed by atoms with van der Waals surface area (Å²) in [4.78, 5) is 10.3. The third-order valence-corrected chi connectivity index (χ3v) is 0.895. The van der Waals surface area contributed by atoms with Gasteiger partial charge in [-0.3, -0.25) is 0 Å². The number of nitrogens with one attached hydrogen (secondary N) is 1. The van der Waals surface area contributed by atoms with Crippen molar-refractivity contribution >= 4 is 18.4 Å². The molecule has 2 N–H and O–H groups in total. The van der Waals surface area contributed by atoms with E-state index >= 15 is 0 Å². The number of aliphatic carboxylic acids is 1. The van der Waals surface area contributed by atoms with Crippen molar-refractivity contribution in [1.29, 1.82) is 0 Å². The molecule has 1 heterocycles. The predicted octanol–water partition coefficient (Wildman–Crippen LogP) is -0.428. The second kappa shape index (κ2) is 2.77. The Bertz CT molecular complexity index is 229. The first-order valence-electron chi connectivity index (χ1n) is 2.55. The molecule has 0 aromatic rings. The minimum atomic E-state index is -1.01. The van der Waals surface area contributed by atoms with E-state index in [9.17, 15) is 4.79 Å². The fourth-order valence-electron chi connectivity index (χ4n) is 0.452. The normalized spacial score (nSPS) is 15.4. The van der Waals surface area contributed by atoms with Gasteiger partial charge in [-0.05, 0) is 6.08 Å². The number of nitrogens with zero attached hydrogens (tertiary/aromatic N) is 2. The van der Waals surface area contributed by atoms with Crippen LogP contribution >= 0.6 is 0 Å². The molecule has 0 aromatic carbocycles. The molecule has 0 amide bonds. The Morgan fingerprint density at radius 3 is 3.10 bits per heavy atom. The van der Waals surface area contributed by atoms with Crippen molar-refractivity contribution in [2.75, 3.05) is 0 Å². The largest absolute Gasteiger partial charge is 0.478 e. The molecule has 1 aliphatic heterocycles. The molecule has 0 radical (unpaired) electrons. The Balaban J connectivity index is 2.83. The molecule has 0 saturated heterocycles. The van der Waals surface area contributed by atoms with Gasteiger partial charge in [0.25, 0.3) is 0 Å². The zero-order chi connectivity index (χ0) is 7.40. The summed E-state index contributed by atoms with van der Waals surface area (Å²) in [7, 11) is 0. The van der Waals surface area contributed by atoms with E-state index in [1.54, 1.807) is 0 Å². The smallest absolute Gasteiger partial charge is 0.337 e. The van der Waals surface area contributed by atoms with Crippen LogP contribution in [0.15, 0.2) is 21.9 Å². The number of rotatable bonds is 1. The van der Waals surface area contributed by atoms with Crippen LogP contribution in [-0.2, 0) is 4.79 Å². The van der Waals surface area contributed by atoms with Crippen LogP contribution in [0.1, 0.15) is 0 Å². The standard InChI is InChI=1S/C5H5N3O2/c9-5(10)4-1-2-6-8-7-3-4/h1-3,8H,(H,9,10). The lowest BCUT2D eigenvalue weighted by Crippen LogP contribution is -2.02. The van der Waals surface area contributed by atoms with Gasteiger partial charge in [-0.15, -0.1) is 0 Å². The minimum Gasteiger partial charge on any atom is -0.478 e. The van der Waals surface area contributed by atoms with E-state index < -0.39 is 5.97 Å². The summed E-state index contributed by atoms with van der Waals surface area (Å²) >= 11 is 0. The lowest BCUT2D eigenvalue weighted by atomic mass is 10.3. The molecule has 52 valence electrons. The van der Waals surface area contributed by atoms with Crippen LogP contribution in [-0.4, -0.2) is 23.5 Å². The third kappa shape index (κ3) is 1.41. The fourth-order valence-corrected chi connectivity index (χ4v) is 0.452. The number of carbonyl (C=O) groups is 1. The zero-order valence-corrected chi connectivity index (χ0v) is 4.98. The quantitative estimate of drug-likeness (QED) is 0.517. The monoisotopic (exact) mass is 139 g/mol. The Morgan fingerprint density at radius 2 is 2.40 bits per heavy atom. The first-order valence-corrected chi connectivity index (χ1v) is 2.55. The van der Waals surface area contributed by atoms with Crippen molar-refractivity contribution in [2.45, 2.75) is 0 Å². The van der Waals surface area contributed by atoms with Crippen molar-refractivity contribution in [2.24, 2.45) is 10.2 Å². The molecule has 0 spiro atoms. The molecule has 10 heavy (non-hydrogen) atoms. The number of hydrogen-bond donors (Lipinski definition) is 2. The van der Waals surface area contributed by atoms with Gasteiger partial charge in [0.15, 0.2) is 0 Å². The summed E-state index contributed by atoms with van der Waals surface area (Å²) in [6.45, 7) is 0. The summed E-state index contributed by atoms with van der Waals surface area (Å²) in [5, 5.41) is 15.4. The van der Waals surface area contributed by atoms with Crippen LogP contribution in [0.3, 0.4) is 0 Å². The molecule has 0 fully saturated rings. The van der Waals surface area contributed by atoms with Crippen molar-refractivity contribution < 1.29 is 9.90 Å². The second-order valence-electron chi connectivity index (χ2n) is 1.56. The predicted molar refractivity (Wildman–Crippen MR) is 35.8 cm³/mol. The number of hydrazone groups is 2. The summed E-state index contributed by atoms with van der Waals surface area (Å²) < 4.78 is 0. The summed E-state index contributed by atoms with van der Waals surface area (Å²) in [5.74, 6) is -1.01. The van der Waals surface area contributed by atoms with Crippen LogP contribution in [0.5, 0.6) is 0 Å². The Labute approximate surface area is 56.7 Å². The van der Waals surface area contributed by atoms with Gasteiger partial charge < -0.3 is 5.11 Å². The van der Waals surface area contributed by atoms with Gasteiger partial charge in [0.2, 0.25) is 0 Å². The number of allylic oxidation sites excluding steroid dienone is 1. The first-order chi connectivity index (χ1) is 4.80. The second-order valence-corrected chi connectivity index (χ2v) is 1.56. The average molecular weight is 139 g/mol. The molecule has 0 unspecified atom stereocenters. The number of carboxylic acid groups (broad SMARTS) is 1. The van der Waals surface area contributed by atoms with Crippen molar-refractivity contribution in [3.8, 4) is 0 Å². The Morgan fingerprint density at radius 1 is 1.60 bits per heavy atom. The van der Waals surface area contributed by atoms with Crippen LogP contribution in [0.4, 0.5) is 0 Å². The fraction of sp³-hybridized carbons (Fsp3) is 0. The van der Waals surface area contributed by atoms with Gasteiger partial charge in [0, 0.05) is 6.21 Å². The van der Waals surface area contributed by atoms with Crippen LogP contribution in [0, 0.1) is 0 Å². The van der Waals surface area contributed by atoms with Gasteiger partial charge in [-0.1, -0.05) is 0 Å². The molecular formula is C5H5N3O2. The highest BCUT2D eigenvalue weighted by Crippen LogP contribution is 1.89. The molecule has 0 aromatic heterocycles. The van der Waals surface area contributed by atoms with Crippen LogP contribution < -0.4 is 5.53 Å². The lowest BCUT2D eigenvalue weighted by Gasteiger charge is -1.86. The Kier molecular flexibility index (Phi) is 1.79. The van der Waals surface area contributed by atoms with Gasteiger partial charge in [0.1, 0.15) is 0 Å². The summed E-state index contributed by atoms with van der Waals surface area (Å²) in [5.41, 5.74) is 2.36. The molecule has 0 atom stereocenters. The van der Waals surface area contributed by atoms with E-state index in [0.717, 1.165) is 0 Å². The van der Waals surface area contributed by atoms with Crippen LogP contribution in [0.2, 0.25) is 0 Å². The van der Waals surface area contributed by atoms with Gasteiger partial charge in [0.05, 0.1) is 11.8 Å². The van der Waals surface area contributed by atoms with E-state index in [-0.39, 0.29) is 5.57 Å². The van der Waals surface area contributed by atoms with E-state index in [2.05, 4.69) is 15.7 Å². The number of hydrogen-bond acceptors (Lipinski definition) is 4. The molecule has 1 rings (SSSR count). The highest BCUT2D eigenvalue weighted by atomic mass is 16.4. The van der Waals surface area contributed by atoms with Crippen molar-refractivity contribution in [3.05, 3.63) is 11.6 Å². The van der Waals surface area contributed by atoms with E-state index in [0.29, 0.717) is 0 Å². The summed E-state index contributed by atoms with van der Waals surface area (Å²) in [6.07, 6.45) is 3.87. The third-order valence-electron chi connectivity index (χ3n) is 0.895. The van der Waals surface area contributed by atoms with Crippen molar-refractivity contribution in [1.82, 2.24) is 5.53 Å². The van der Waals surface area contributed by atoms with Gasteiger partial charge in [-0.25, -0.2) is 4.79 Å². The molecule has 0 saturated carbocycles. The van der Waals surface area contributed by atoms with Gasteiger partial charge >= 0.3 is 5.97 Å². The van der Waals surface area contributed by atoms with Crippen LogP contribution in [0.25, 0.3) is 0 Å². The topological polar surface area (TPSA) is 74.0 Å². The molecule has 5 nitrogen and oxygen atoms in total. The maximum atomic E-state index is 10.3. The number of carboxylic acids is 1. The molecular weight excluding hydrogens is 134 g/mol. The van der Waals surface area contributed by atoms with E-state index in [1.165, 1.54) is 18.5 Å².